The Morgan fingerprint density at radius 2 is 1.71 bits per heavy atom. The highest BCUT2D eigenvalue weighted by Gasteiger charge is 2.41. The van der Waals surface area contributed by atoms with Crippen molar-refractivity contribution in [2.45, 2.75) is 58.0 Å². The molecule has 0 saturated carbocycles. The molecule has 0 bridgehead atoms. The summed E-state index contributed by atoms with van der Waals surface area (Å²) in [7, 11) is 0. The fraction of sp³-hybridized carbons (Fsp3) is 0.417. The van der Waals surface area contributed by atoms with Crippen LogP contribution in [-0.2, 0) is 14.3 Å². The van der Waals surface area contributed by atoms with E-state index in [1.165, 1.54) is 10.5 Å². The molecule has 3 atom stereocenters. The normalized spacial score (nSPS) is 20.8. The topological polar surface area (TPSA) is 43.4 Å². The lowest BCUT2D eigenvalue weighted by molar-refractivity contribution is -0.162. The summed E-state index contributed by atoms with van der Waals surface area (Å²) in [5.74, 6) is -0.289. The first-order valence-corrected chi connectivity index (χ1v) is 10.7. The highest BCUT2D eigenvalue weighted by molar-refractivity contribution is 7.99. The van der Waals surface area contributed by atoms with Crippen molar-refractivity contribution in [2.24, 2.45) is 5.92 Å². The van der Waals surface area contributed by atoms with Gasteiger partial charge in [-0.3, -0.25) is 9.59 Å². The Labute approximate surface area is 171 Å². The van der Waals surface area contributed by atoms with Crippen LogP contribution in [-0.4, -0.2) is 23.6 Å². The largest absolute Gasteiger partial charge is 0.461 e. The molecule has 0 amide bonds. The number of Topliss-reactive ketones (excluding diaryl/α,β-unsaturated/α-hetero) is 1. The predicted molar refractivity (Wildman–Crippen MR) is 114 cm³/mol. The summed E-state index contributed by atoms with van der Waals surface area (Å²) in [6, 6.07) is 12.4. The molecule has 0 aliphatic carbocycles. The SMILES string of the molecule is Cc1cccc(SCC(C)C2CC(=O)C(c3c(C)cc(C)cc3C)C(=O)O2)c1. The highest BCUT2D eigenvalue weighted by atomic mass is 32.2. The molecule has 0 spiro atoms. The quantitative estimate of drug-likeness (QED) is 0.390. The van der Waals surface area contributed by atoms with Gasteiger partial charge in [-0.15, -0.1) is 11.8 Å². The second-order valence-corrected chi connectivity index (χ2v) is 9.09. The molecule has 1 fully saturated rings. The Kier molecular flexibility index (Phi) is 6.29. The van der Waals surface area contributed by atoms with Crippen molar-refractivity contribution in [1.82, 2.24) is 0 Å². The molecule has 3 unspecified atom stereocenters. The van der Waals surface area contributed by atoms with Crippen LogP contribution in [0.4, 0.5) is 0 Å². The second kappa shape index (κ2) is 8.52. The number of cyclic esters (lactones) is 1. The van der Waals surface area contributed by atoms with E-state index in [0.29, 0.717) is 6.42 Å². The van der Waals surface area contributed by atoms with E-state index in [4.69, 9.17) is 4.74 Å². The van der Waals surface area contributed by atoms with Gasteiger partial charge in [-0.25, -0.2) is 0 Å². The van der Waals surface area contributed by atoms with Gasteiger partial charge in [0, 0.05) is 23.0 Å². The van der Waals surface area contributed by atoms with Crippen molar-refractivity contribution in [3.63, 3.8) is 0 Å². The van der Waals surface area contributed by atoms with E-state index in [1.807, 2.05) is 39.0 Å². The van der Waals surface area contributed by atoms with Gasteiger partial charge in [0.05, 0.1) is 0 Å². The van der Waals surface area contributed by atoms with Gasteiger partial charge in [0.15, 0.2) is 5.78 Å². The van der Waals surface area contributed by atoms with E-state index in [0.717, 1.165) is 28.0 Å². The van der Waals surface area contributed by atoms with Crippen molar-refractivity contribution < 1.29 is 14.3 Å². The van der Waals surface area contributed by atoms with Gasteiger partial charge < -0.3 is 4.74 Å². The van der Waals surface area contributed by atoms with Gasteiger partial charge in [0.2, 0.25) is 0 Å². The maximum Gasteiger partial charge on any atom is 0.321 e. The van der Waals surface area contributed by atoms with Crippen LogP contribution in [0.3, 0.4) is 0 Å². The third-order valence-electron chi connectivity index (χ3n) is 5.39. The third kappa shape index (κ3) is 4.49. The van der Waals surface area contributed by atoms with Crippen LogP contribution in [0.1, 0.15) is 47.1 Å². The third-order valence-corrected chi connectivity index (χ3v) is 6.67. The minimum absolute atomic E-state index is 0.0243. The summed E-state index contributed by atoms with van der Waals surface area (Å²) in [4.78, 5) is 26.9. The van der Waals surface area contributed by atoms with Crippen molar-refractivity contribution in [1.29, 1.82) is 0 Å². The molecule has 1 saturated heterocycles. The number of hydrogen-bond donors (Lipinski definition) is 0. The van der Waals surface area contributed by atoms with Crippen LogP contribution < -0.4 is 0 Å². The zero-order valence-electron chi connectivity index (χ0n) is 17.2. The van der Waals surface area contributed by atoms with Crippen LogP contribution >= 0.6 is 11.8 Å². The van der Waals surface area contributed by atoms with E-state index in [2.05, 4.69) is 32.0 Å². The number of rotatable bonds is 5. The van der Waals surface area contributed by atoms with E-state index >= 15 is 0 Å². The molecular weight excluding hydrogens is 368 g/mol. The number of esters is 1. The van der Waals surface area contributed by atoms with Gasteiger partial charge >= 0.3 is 5.97 Å². The zero-order valence-corrected chi connectivity index (χ0v) is 18.1. The average Bonchev–Trinajstić information content (AvgIpc) is 2.61. The van der Waals surface area contributed by atoms with Crippen LogP contribution in [0.15, 0.2) is 41.3 Å². The minimum atomic E-state index is -0.784. The number of benzene rings is 2. The van der Waals surface area contributed by atoms with Crippen LogP contribution in [0, 0.1) is 33.6 Å². The second-order valence-electron chi connectivity index (χ2n) is 8.00. The summed E-state index contributed by atoms with van der Waals surface area (Å²) in [5.41, 5.74) is 5.14. The number of hydrogen-bond acceptors (Lipinski definition) is 4. The molecule has 1 aliphatic heterocycles. The molecule has 2 aromatic carbocycles. The molecule has 0 radical (unpaired) electrons. The summed E-state index contributed by atoms with van der Waals surface area (Å²) in [6.07, 6.45) is -0.0572. The smallest absolute Gasteiger partial charge is 0.321 e. The predicted octanol–water partition coefficient (Wildman–Crippen LogP) is 5.32. The van der Waals surface area contributed by atoms with Gasteiger partial charge in [0.1, 0.15) is 12.0 Å². The molecule has 4 heteroatoms. The number of thioether (sulfide) groups is 1. The molecule has 28 heavy (non-hydrogen) atoms. The Morgan fingerprint density at radius 3 is 2.32 bits per heavy atom. The molecule has 0 aromatic heterocycles. The van der Waals surface area contributed by atoms with Crippen molar-refractivity contribution in [3.05, 3.63) is 64.2 Å². The Hall–Kier alpha value is -2.07. The molecule has 3 nitrogen and oxygen atoms in total. The highest BCUT2D eigenvalue weighted by Crippen LogP contribution is 2.35. The fourth-order valence-corrected chi connectivity index (χ4v) is 5.10. The Bertz CT molecular complexity index is 861. The van der Waals surface area contributed by atoms with E-state index in [1.54, 1.807) is 11.8 Å². The number of carbonyl (C=O) groups is 2. The van der Waals surface area contributed by atoms with Gasteiger partial charge in [-0.2, -0.15) is 0 Å². The van der Waals surface area contributed by atoms with Crippen LogP contribution in [0.5, 0.6) is 0 Å². The first-order valence-electron chi connectivity index (χ1n) is 9.76. The monoisotopic (exact) mass is 396 g/mol. The Balaban J connectivity index is 1.69. The lowest BCUT2D eigenvalue weighted by Gasteiger charge is -2.32. The van der Waals surface area contributed by atoms with Crippen molar-refractivity contribution in [3.8, 4) is 0 Å². The number of ketones is 1. The van der Waals surface area contributed by atoms with E-state index in [9.17, 15) is 9.59 Å². The lowest BCUT2D eigenvalue weighted by atomic mass is 9.82. The number of aryl methyl sites for hydroxylation is 4. The first-order chi connectivity index (χ1) is 13.3. The molecule has 2 aromatic rings. The van der Waals surface area contributed by atoms with E-state index in [-0.39, 0.29) is 17.8 Å². The zero-order chi connectivity index (χ0) is 20.4. The van der Waals surface area contributed by atoms with Crippen molar-refractivity contribution in [2.75, 3.05) is 5.75 Å². The van der Waals surface area contributed by atoms with Crippen molar-refractivity contribution >= 4 is 23.5 Å². The first kappa shape index (κ1) is 20.7. The average molecular weight is 397 g/mol. The van der Waals surface area contributed by atoms with E-state index < -0.39 is 11.9 Å². The standard InChI is InChI=1S/C24H28O3S/c1-14-7-6-8-19(11-14)28-13-18(5)21-12-20(25)23(24(26)27-21)22-16(3)9-15(2)10-17(22)4/h6-11,18,21,23H,12-13H2,1-5H3. The molecule has 1 aliphatic rings. The molecule has 1 heterocycles. The summed E-state index contributed by atoms with van der Waals surface area (Å²) >= 11 is 1.74. The maximum absolute atomic E-state index is 12.9. The summed E-state index contributed by atoms with van der Waals surface area (Å²) < 4.78 is 5.76. The number of carbonyl (C=O) groups excluding carboxylic acids is 2. The molecular formula is C24H28O3S. The number of ether oxygens (including phenoxy) is 1. The maximum atomic E-state index is 12.9. The summed E-state index contributed by atoms with van der Waals surface area (Å²) in [6.45, 7) is 10.1. The molecule has 148 valence electrons. The van der Waals surface area contributed by atoms with Gasteiger partial charge in [0.25, 0.3) is 0 Å². The fourth-order valence-electron chi connectivity index (χ4n) is 3.99. The molecule has 0 N–H and O–H groups in total. The van der Waals surface area contributed by atoms with Crippen LogP contribution in [0.25, 0.3) is 0 Å². The Morgan fingerprint density at radius 1 is 1.04 bits per heavy atom. The molecule has 3 rings (SSSR count). The lowest BCUT2D eigenvalue weighted by Crippen LogP contribution is -2.41. The van der Waals surface area contributed by atoms with Crippen LogP contribution in [0.2, 0.25) is 0 Å². The summed E-state index contributed by atoms with van der Waals surface area (Å²) in [5, 5.41) is 0. The van der Waals surface area contributed by atoms with Gasteiger partial charge in [-0.05, 0) is 56.5 Å². The minimum Gasteiger partial charge on any atom is -0.461 e. The van der Waals surface area contributed by atoms with Gasteiger partial charge in [-0.1, -0.05) is 42.3 Å².